The van der Waals surface area contributed by atoms with Gasteiger partial charge >= 0.3 is 5.97 Å². The molecule has 9 rings (SSSR count). The summed E-state index contributed by atoms with van der Waals surface area (Å²) in [6.45, 7) is 14.1. The number of fused-ring (bicyclic) bond motifs is 7. The lowest BCUT2D eigenvalue weighted by atomic mass is 9.43. The van der Waals surface area contributed by atoms with Gasteiger partial charge in [-0.05, 0) is 142 Å². The summed E-state index contributed by atoms with van der Waals surface area (Å²) in [6.07, 6.45) is 12.7. The minimum atomic E-state index is -0.806. The van der Waals surface area contributed by atoms with Crippen molar-refractivity contribution in [3.8, 4) is 0 Å². The maximum absolute atomic E-state index is 11.5. The van der Waals surface area contributed by atoms with E-state index in [1.165, 1.54) is 32.1 Å². The first-order valence-electron chi connectivity index (χ1n) is 19.5. The first-order chi connectivity index (χ1) is 22.3. The van der Waals surface area contributed by atoms with Gasteiger partial charge in [-0.3, -0.25) is 4.79 Å². The predicted octanol–water partition coefficient (Wildman–Crippen LogP) is 7.71. The quantitative estimate of drug-likeness (QED) is 0.221. The Balaban J connectivity index is 1.11. The predicted molar refractivity (Wildman–Crippen MR) is 174 cm³/mol. The summed E-state index contributed by atoms with van der Waals surface area (Å²) in [4.78, 5) is 24.0. The fourth-order valence-corrected chi connectivity index (χ4v) is 14.0. The average Bonchev–Trinajstić information content (AvgIpc) is 3.22. The molecule has 8 nitrogen and oxygen atoms in total. The van der Waals surface area contributed by atoms with E-state index in [-0.39, 0.29) is 47.6 Å². The third-order valence-electron chi connectivity index (χ3n) is 16.6. The highest BCUT2D eigenvalue weighted by Crippen LogP contribution is 2.69. The van der Waals surface area contributed by atoms with E-state index >= 15 is 0 Å². The summed E-state index contributed by atoms with van der Waals surface area (Å²) in [5, 5.41) is 20.4. The molecule has 266 valence electrons. The van der Waals surface area contributed by atoms with Crippen molar-refractivity contribution in [3.63, 3.8) is 0 Å². The monoisotopic (exact) mass is 658 g/mol. The van der Waals surface area contributed by atoms with E-state index in [1.807, 2.05) is 6.92 Å². The van der Waals surface area contributed by atoms with Crippen LogP contribution >= 0.6 is 0 Å². The molecule has 1 spiro atoms. The van der Waals surface area contributed by atoms with Gasteiger partial charge in [0, 0.05) is 24.7 Å². The SMILES string of the molecule is C[C@H]1C(OC2CC3C[C@H](O)CC[C@]3(C)C3CC[C@@]4(C)C(CC[C@@H]4[C@H](C)CCC(=O)O)C23)OC2O[C@]3(C)CCC4[C@H](C)CCC1[C@@]24OO3. The van der Waals surface area contributed by atoms with Crippen molar-refractivity contribution < 1.29 is 39.0 Å². The fraction of sp³-hybridized carbons (Fsp3) is 0.974. The highest BCUT2D eigenvalue weighted by Gasteiger charge is 2.70. The molecule has 9 fully saturated rings. The van der Waals surface area contributed by atoms with Gasteiger partial charge in [0.15, 0.2) is 18.2 Å². The number of carboxylic acids is 1. The van der Waals surface area contributed by atoms with Gasteiger partial charge in [0.1, 0.15) is 0 Å². The summed E-state index contributed by atoms with van der Waals surface area (Å²) in [5.41, 5.74) is -0.184. The summed E-state index contributed by atoms with van der Waals surface area (Å²) in [7, 11) is 0. The third kappa shape index (κ3) is 4.98. The first kappa shape index (κ1) is 33.4. The van der Waals surface area contributed by atoms with Crippen LogP contribution in [0.15, 0.2) is 0 Å². The Kier molecular flexibility index (Phi) is 8.26. The van der Waals surface area contributed by atoms with Gasteiger partial charge in [0.2, 0.25) is 5.79 Å². The zero-order valence-electron chi connectivity index (χ0n) is 29.8. The smallest absolute Gasteiger partial charge is 0.303 e. The van der Waals surface area contributed by atoms with Crippen LogP contribution in [-0.4, -0.2) is 52.4 Å². The summed E-state index contributed by atoms with van der Waals surface area (Å²) in [5.74, 6) is 2.70. The van der Waals surface area contributed by atoms with Crippen LogP contribution in [0.5, 0.6) is 0 Å². The first-order valence-corrected chi connectivity index (χ1v) is 19.5. The molecule has 0 aromatic heterocycles. The van der Waals surface area contributed by atoms with Gasteiger partial charge in [-0.15, -0.1) is 0 Å². The summed E-state index contributed by atoms with van der Waals surface area (Å²) < 4.78 is 21.2. The number of hydrogen-bond donors (Lipinski definition) is 2. The molecule has 18 atom stereocenters. The molecule has 5 aliphatic carbocycles. The fourth-order valence-electron chi connectivity index (χ4n) is 14.0. The second-order valence-corrected chi connectivity index (χ2v) is 18.7. The van der Waals surface area contributed by atoms with E-state index in [1.54, 1.807) is 0 Å². The minimum absolute atomic E-state index is 0.0663. The summed E-state index contributed by atoms with van der Waals surface area (Å²) >= 11 is 0. The molecule has 2 bridgehead atoms. The molecule has 4 heterocycles. The van der Waals surface area contributed by atoms with Crippen LogP contribution < -0.4 is 0 Å². The maximum atomic E-state index is 11.5. The molecule has 4 saturated heterocycles. The van der Waals surface area contributed by atoms with Crippen LogP contribution in [0.1, 0.15) is 131 Å². The van der Waals surface area contributed by atoms with E-state index in [0.29, 0.717) is 47.3 Å². The Morgan fingerprint density at radius 3 is 2.38 bits per heavy atom. The van der Waals surface area contributed by atoms with Gasteiger partial charge in [0.25, 0.3) is 0 Å². The molecule has 0 aromatic rings. The number of aliphatic hydroxyl groups excluding tert-OH is 1. The lowest BCUT2D eigenvalue weighted by Crippen LogP contribution is -2.71. The average molecular weight is 659 g/mol. The van der Waals surface area contributed by atoms with Gasteiger partial charge in [-0.25, -0.2) is 9.78 Å². The van der Waals surface area contributed by atoms with Crippen molar-refractivity contribution in [2.24, 2.45) is 70.0 Å². The van der Waals surface area contributed by atoms with Gasteiger partial charge < -0.3 is 24.4 Å². The molecule has 5 saturated carbocycles. The number of aliphatic hydroxyl groups is 1. The van der Waals surface area contributed by atoms with E-state index < -0.39 is 23.6 Å². The van der Waals surface area contributed by atoms with Gasteiger partial charge in [-0.1, -0.05) is 34.6 Å². The molecule has 8 heteroatoms. The number of aliphatic carboxylic acids is 1. The Hall–Kier alpha value is -0.770. The van der Waals surface area contributed by atoms with E-state index in [4.69, 9.17) is 24.0 Å². The molecular formula is C39H62O8. The standard InChI is InChI=1S/C39H62O8/c1-21(8-12-32(41)42)26-10-11-29-33-30(14-17-37(26,29)5)36(4)16-13-25(40)19-24(36)20-31(33)43-34-23(3)28-9-7-22(2)27-15-18-38(6)45-35(44-34)39(27,28)47-46-38/h21-31,33-35,40H,7-20H2,1-6H3,(H,41,42)/t21-,22-,23-,24?,25-,26-,27?,28?,29?,30?,31?,33?,34?,35?,36+,37-,38+,39-/m1/s1. The molecule has 0 amide bonds. The lowest BCUT2D eigenvalue weighted by molar-refractivity contribution is -0.578. The molecule has 4 aliphatic heterocycles. The van der Waals surface area contributed by atoms with Crippen molar-refractivity contribution in [1.29, 1.82) is 0 Å². The summed E-state index contributed by atoms with van der Waals surface area (Å²) in [6, 6.07) is 0. The van der Waals surface area contributed by atoms with Gasteiger partial charge in [0.05, 0.1) is 12.2 Å². The van der Waals surface area contributed by atoms with E-state index in [9.17, 15) is 15.0 Å². The van der Waals surface area contributed by atoms with E-state index in [2.05, 4.69) is 34.6 Å². The number of carbonyl (C=O) groups is 1. The second-order valence-electron chi connectivity index (χ2n) is 18.7. The molecule has 9 unspecified atom stereocenters. The van der Waals surface area contributed by atoms with Crippen LogP contribution in [-0.2, 0) is 28.8 Å². The topological polar surface area (TPSA) is 104 Å². The molecular weight excluding hydrogens is 596 g/mol. The van der Waals surface area contributed by atoms with Crippen LogP contribution in [0.3, 0.4) is 0 Å². The Morgan fingerprint density at radius 2 is 1.60 bits per heavy atom. The zero-order valence-corrected chi connectivity index (χ0v) is 29.8. The lowest BCUT2D eigenvalue weighted by Gasteiger charge is -2.64. The molecule has 2 N–H and O–H groups in total. The maximum Gasteiger partial charge on any atom is 0.303 e. The highest BCUT2D eigenvalue weighted by molar-refractivity contribution is 5.66. The number of carboxylic acid groups (broad SMARTS) is 1. The van der Waals surface area contributed by atoms with Crippen LogP contribution in [0, 0.1) is 70.0 Å². The Morgan fingerprint density at radius 1 is 0.872 bits per heavy atom. The molecule has 9 aliphatic rings. The van der Waals surface area contributed by atoms with Crippen molar-refractivity contribution in [3.05, 3.63) is 0 Å². The number of rotatable bonds is 6. The van der Waals surface area contributed by atoms with Crippen LogP contribution in [0.4, 0.5) is 0 Å². The number of ether oxygens (including phenoxy) is 3. The van der Waals surface area contributed by atoms with Gasteiger partial charge in [-0.2, -0.15) is 0 Å². The van der Waals surface area contributed by atoms with Crippen molar-refractivity contribution in [1.82, 2.24) is 0 Å². The minimum Gasteiger partial charge on any atom is -0.481 e. The normalized spacial score (nSPS) is 57.2. The van der Waals surface area contributed by atoms with Crippen molar-refractivity contribution in [2.75, 3.05) is 0 Å². The second kappa shape index (κ2) is 11.6. The molecule has 0 aromatic carbocycles. The zero-order chi connectivity index (χ0) is 33.1. The molecule has 0 radical (unpaired) electrons. The molecule has 47 heavy (non-hydrogen) atoms. The number of hydrogen-bond acceptors (Lipinski definition) is 7. The Labute approximate surface area is 282 Å². The van der Waals surface area contributed by atoms with Crippen LogP contribution in [0.2, 0.25) is 0 Å². The third-order valence-corrected chi connectivity index (χ3v) is 16.6. The Bertz CT molecular complexity index is 1210. The largest absolute Gasteiger partial charge is 0.481 e. The van der Waals surface area contributed by atoms with Crippen LogP contribution in [0.25, 0.3) is 0 Å². The van der Waals surface area contributed by atoms with Crippen molar-refractivity contribution in [2.45, 2.75) is 168 Å². The van der Waals surface area contributed by atoms with Crippen molar-refractivity contribution >= 4 is 5.97 Å². The highest BCUT2D eigenvalue weighted by atomic mass is 17.3. The van der Waals surface area contributed by atoms with E-state index in [0.717, 1.165) is 51.4 Å².